The third-order valence-corrected chi connectivity index (χ3v) is 15.8. The molecule has 2 aromatic heterocycles. The molecule has 408 valence electrons. The van der Waals surface area contributed by atoms with E-state index in [4.69, 9.17) is 19.9 Å². The summed E-state index contributed by atoms with van der Waals surface area (Å²) >= 11 is 0. The molecule has 12 rings (SSSR count). The number of hydrogen-bond donors (Lipinski definition) is 2. The van der Waals surface area contributed by atoms with Crippen molar-refractivity contribution in [1.29, 1.82) is 0 Å². The van der Waals surface area contributed by atoms with Crippen LogP contribution in [0.1, 0.15) is 102 Å². The Balaban J connectivity index is 0.000000170. The zero-order valence-corrected chi connectivity index (χ0v) is 46.1. The van der Waals surface area contributed by atoms with Crippen molar-refractivity contribution in [3.05, 3.63) is 179 Å². The van der Waals surface area contributed by atoms with Gasteiger partial charge in [-0.05, 0) is 164 Å². The van der Waals surface area contributed by atoms with E-state index in [1.54, 1.807) is 0 Å². The Morgan fingerprint density at radius 3 is 1.46 bits per heavy atom. The summed E-state index contributed by atoms with van der Waals surface area (Å²) in [6, 6.07) is 48.9. The van der Waals surface area contributed by atoms with Crippen molar-refractivity contribution in [2.45, 2.75) is 89.8 Å². The summed E-state index contributed by atoms with van der Waals surface area (Å²) in [5.41, 5.74) is 19.4. The summed E-state index contributed by atoms with van der Waals surface area (Å²) in [5, 5.41) is 5.15. The minimum absolute atomic E-state index is 0.00777. The maximum absolute atomic E-state index is 13.8. The number of hydrogen-bond acceptors (Lipinski definition) is 9. The first-order chi connectivity index (χ1) is 38.4. The lowest BCUT2D eigenvalue weighted by Crippen LogP contribution is -2.38. The van der Waals surface area contributed by atoms with Crippen LogP contribution >= 0.6 is 0 Å². The van der Waals surface area contributed by atoms with E-state index in [1.165, 1.54) is 48.1 Å². The molecule has 0 unspecified atom stereocenters. The van der Waals surface area contributed by atoms with Crippen LogP contribution in [0.25, 0.3) is 44.1 Å². The van der Waals surface area contributed by atoms with E-state index in [0.29, 0.717) is 35.2 Å². The number of anilines is 2. The maximum atomic E-state index is 13.8. The second-order valence-corrected chi connectivity index (χ2v) is 22.8. The molecule has 2 aliphatic heterocycles. The predicted octanol–water partition coefficient (Wildman–Crippen LogP) is 12.8. The van der Waals surface area contributed by atoms with Gasteiger partial charge in [-0.3, -0.25) is 24.7 Å². The molecule has 0 radical (unpaired) electrons. The number of benzene rings is 6. The number of rotatable bonds is 17. The van der Waals surface area contributed by atoms with Crippen molar-refractivity contribution < 1.29 is 28.6 Å². The van der Waals surface area contributed by atoms with Crippen LogP contribution in [0.5, 0.6) is 0 Å². The molecule has 8 aromatic rings. The number of nitrogens with zero attached hydrogens (tertiary/aromatic N) is 4. The molecule has 4 heterocycles. The predicted molar refractivity (Wildman–Crippen MR) is 316 cm³/mol. The van der Waals surface area contributed by atoms with Gasteiger partial charge in [0, 0.05) is 121 Å². The average Bonchev–Trinajstić information content (AvgIpc) is 4.56. The molecule has 4 fully saturated rings. The highest BCUT2D eigenvalue weighted by atomic mass is 16.6. The van der Waals surface area contributed by atoms with Gasteiger partial charge in [0.15, 0.2) is 11.6 Å². The summed E-state index contributed by atoms with van der Waals surface area (Å²) < 4.78 is 21.5. The zero-order chi connectivity index (χ0) is 54.5. The lowest BCUT2D eigenvalue weighted by Gasteiger charge is -2.27. The van der Waals surface area contributed by atoms with Crippen LogP contribution in [0, 0.1) is 0 Å². The molecule has 0 atom stereocenters. The van der Waals surface area contributed by atoms with Crippen LogP contribution in [0.15, 0.2) is 146 Å². The molecule has 0 bridgehead atoms. The van der Waals surface area contributed by atoms with Gasteiger partial charge in [0.25, 0.3) is 0 Å². The molecule has 3 N–H and O–H groups in total. The number of nitrogens with one attached hydrogen (secondary N) is 1. The van der Waals surface area contributed by atoms with Gasteiger partial charge in [-0.25, -0.2) is 4.79 Å². The van der Waals surface area contributed by atoms with Crippen LogP contribution in [0.4, 0.5) is 16.2 Å². The lowest BCUT2D eigenvalue weighted by molar-refractivity contribution is 0.0364. The number of amides is 1. The monoisotopic (exact) mass is 1060 g/mol. The second kappa shape index (κ2) is 23.9. The normalized spacial score (nSPS) is 16.1. The first kappa shape index (κ1) is 53.6. The molecular weight excluding hydrogens is 985 g/mol. The number of aromatic nitrogens is 2. The molecule has 2 saturated carbocycles. The molecule has 4 aliphatic rings. The fourth-order valence-corrected chi connectivity index (χ4v) is 11.2. The number of carbonyl (C=O) groups excluding carboxylic acids is 3. The van der Waals surface area contributed by atoms with Crippen LogP contribution in [-0.2, 0) is 40.1 Å². The quantitative estimate of drug-likeness (QED) is 0.0675. The van der Waals surface area contributed by atoms with Crippen molar-refractivity contribution in [3.63, 3.8) is 0 Å². The van der Waals surface area contributed by atoms with Crippen LogP contribution < -0.4 is 11.1 Å². The number of Topliss-reactive ketones (excluding diaryl/α,β-unsaturated/α-hetero) is 2. The van der Waals surface area contributed by atoms with Crippen molar-refractivity contribution in [1.82, 2.24) is 18.9 Å². The summed E-state index contributed by atoms with van der Waals surface area (Å²) in [5.74, 6) is 1.37. The highest BCUT2D eigenvalue weighted by Gasteiger charge is 2.30. The molecule has 6 aromatic carbocycles. The molecular formula is C67H74N6O6. The third-order valence-electron chi connectivity index (χ3n) is 15.8. The Morgan fingerprint density at radius 2 is 0.987 bits per heavy atom. The van der Waals surface area contributed by atoms with Gasteiger partial charge in [0.1, 0.15) is 5.60 Å². The van der Waals surface area contributed by atoms with E-state index in [-0.39, 0.29) is 18.0 Å². The van der Waals surface area contributed by atoms with Gasteiger partial charge in [0.05, 0.1) is 26.4 Å². The van der Waals surface area contributed by atoms with Crippen molar-refractivity contribution in [2.75, 3.05) is 76.7 Å². The topological polar surface area (TPSA) is 133 Å². The molecule has 2 aliphatic carbocycles. The van der Waals surface area contributed by atoms with Gasteiger partial charge >= 0.3 is 6.09 Å². The van der Waals surface area contributed by atoms with Crippen molar-refractivity contribution in [3.8, 4) is 22.3 Å². The van der Waals surface area contributed by atoms with E-state index in [1.807, 2.05) is 118 Å². The minimum atomic E-state index is -0.628. The van der Waals surface area contributed by atoms with E-state index in [9.17, 15) is 14.4 Å². The molecule has 1 amide bonds. The third kappa shape index (κ3) is 13.4. The number of fused-ring (bicyclic) bond motifs is 2. The fraction of sp³-hybridized carbons (Fsp3) is 0.358. The van der Waals surface area contributed by atoms with Crippen LogP contribution in [0.2, 0.25) is 0 Å². The van der Waals surface area contributed by atoms with Crippen LogP contribution in [-0.4, -0.2) is 108 Å². The first-order valence-corrected chi connectivity index (χ1v) is 28.4. The molecule has 12 heteroatoms. The highest BCUT2D eigenvalue weighted by Crippen LogP contribution is 2.44. The van der Waals surface area contributed by atoms with Crippen molar-refractivity contribution >= 4 is 50.8 Å². The smallest absolute Gasteiger partial charge is 0.412 e. The summed E-state index contributed by atoms with van der Waals surface area (Å²) in [6.45, 7) is 16.7. The first-order valence-electron chi connectivity index (χ1n) is 28.4. The molecule has 0 spiro atoms. The van der Waals surface area contributed by atoms with Crippen LogP contribution in [0.3, 0.4) is 0 Å². The van der Waals surface area contributed by atoms with Gasteiger partial charge in [-0.2, -0.15) is 0 Å². The fourth-order valence-electron chi connectivity index (χ4n) is 11.2. The number of nitrogen functional groups attached to an aromatic ring is 1. The standard InChI is InChI=1S/C36H41N3O4.C31H33N3O2/c1-36(2,3)43-35(41)37-31-13-11-27(25-7-5-4-6-8-25)21-29(31)24-34(40)28-12-14-32-30(22-28)23-33(26-9-10-26)39(32)16-15-38-17-19-42-20-18-38;32-28-10-8-24(22-4-2-1-3-5-22)18-26(28)21-31(35)25-9-11-29-27(19-25)20-30(23-6-7-23)34(29)13-12-33-14-16-36-17-15-33/h4-8,11-14,21-23,26H,9-10,15-20,24H2,1-3H3,(H,37,41);1-5,8-11,18-20,23H,6-7,12-17,21,32H2. The number of ether oxygens (including phenoxy) is 3. The van der Waals surface area contributed by atoms with E-state index >= 15 is 0 Å². The van der Waals surface area contributed by atoms with Gasteiger partial charge < -0.3 is 29.1 Å². The van der Waals surface area contributed by atoms with Gasteiger partial charge in [0.2, 0.25) is 0 Å². The van der Waals surface area contributed by atoms with E-state index in [2.05, 4.69) is 72.8 Å². The number of carbonyl (C=O) groups is 3. The minimum Gasteiger partial charge on any atom is -0.444 e. The molecule has 12 nitrogen and oxygen atoms in total. The SMILES string of the molecule is CC(C)(C)OC(=O)Nc1ccc(-c2ccccc2)cc1CC(=O)c1ccc2c(c1)cc(C1CC1)n2CCN1CCOCC1.Nc1ccc(-c2ccccc2)cc1CC(=O)c1ccc2c(c1)cc(C1CC1)n2CCN1CCOCC1. The number of nitrogens with two attached hydrogens (primary N) is 1. The zero-order valence-electron chi connectivity index (χ0n) is 46.1. The average molecular weight is 1060 g/mol. The number of morpholine rings is 2. The summed E-state index contributed by atoms with van der Waals surface area (Å²) in [7, 11) is 0. The van der Waals surface area contributed by atoms with Crippen molar-refractivity contribution in [2.24, 2.45) is 0 Å². The largest absolute Gasteiger partial charge is 0.444 e. The van der Waals surface area contributed by atoms with E-state index in [0.717, 1.165) is 129 Å². The summed E-state index contributed by atoms with van der Waals surface area (Å²) in [6.07, 6.45) is 4.89. The Kier molecular flexibility index (Phi) is 16.3. The van der Waals surface area contributed by atoms with Gasteiger partial charge in [-0.1, -0.05) is 72.8 Å². The molecule has 2 saturated heterocycles. The molecule has 79 heavy (non-hydrogen) atoms. The Hall–Kier alpha value is -7.35. The lowest BCUT2D eigenvalue weighted by atomic mass is 9.96. The van der Waals surface area contributed by atoms with E-state index < -0.39 is 11.7 Å². The Labute approximate surface area is 464 Å². The summed E-state index contributed by atoms with van der Waals surface area (Å²) in [4.78, 5) is 44.7. The Bertz CT molecular complexity index is 3450. The van der Waals surface area contributed by atoms with Gasteiger partial charge in [-0.15, -0.1) is 0 Å². The Morgan fingerprint density at radius 1 is 0.532 bits per heavy atom. The number of ketones is 2. The highest BCUT2D eigenvalue weighted by molar-refractivity contribution is 6.03. The second-order valence-electron chi connectivity index (χ2n) is 22.8. The maximum Gasteiger partial charge on any atom is 0.412 e.